The number of hydrogen-bond donors (Lipinski definition) is 1. The SMILES string of the molecule is CCC(C(N)=S)S(=O)(=O)N1CC(C)C(N(C)C)C1. The molecule has 0 aromatic carbocycles. The van der Waals surface area contributed by atoms with Gasteiger partial charge in [-0.1, -0.05) is 26.1 Å². The van der Waals surface area contributed by atoms with Crippen molar-refractivity contribution in [2.24, 2.45) is 11.7 Å². The van der Waals surface area contributed by atoms with E-state index in [9.17, 15) is 8.42 Å². The molecule has 1 rings (SSSR count). The van der Waals surface area contributed by atoms with Crippen LogP contribution in [0.5, 0.6) is 0 Å². The largest absolute Gasteiger partial charge is 0.392 e. The van der Waals surface area contributed by atoms with Crippen molar-refractivity contribution >= 4 is 27.2 Å². The standard InChI is InChI=1S/C11H23N3O2S2/c1-5-10(11(12)17)18(15,16)14-6-8(2)9(7-14)13(3)4/h8-10H,5-7H2,1-4H3,(H2,12,17). The topological polar surface area (TPSA) is 66.6 Å². The van der Waals surface area contributed by atoms with Gasteiger partial charge in [0, 0.05) is 19.1 Å². The van der Waals surface area contributed by atoms with Crippen molar-refractivity contribution in [1.82, 2.24) is 9.21 Å². The van der Waals surface area contributed by atoms with Gasteiger partial charge in [-0.25, -0.2) is 8.42 Å². The minimum Gasteiger partial charge on any atom is -0.392 e. The van der Waals surface area contributed by atoms with Gasteiger partial charge in [0.15, 0.2) is 0 Å². The molecule has 18 heavy (non-hydrogen) atoms. The third-order valence-electron chi connectivity index (χ3n) is 3.61. The Bertz CT molecular complexity index is 409. The van der Waals surface area contributed by atoms with Crippen molar-refractivity contribution in [3.8, 4) is 0 Å². The normalized spacial score (nSPS) is 27.6. The lowest BCUT2D eigenvalue weighted by Gasteiger charge is -2.24. The number of sulfonamides is 1. The summed E-state index contributed by atoms with van der Waals surface area (Å²) in [6.45, 7) is 4.94. The quantitative estimate of drug-likeness (QED) is 0.737. The highest BCUT2D eigenvalue weighted by Crippen LogP contribution is 2.25. The van der Waals surface area contributed by atoms with Crippen LogP contribution in [-0.2, 0) is 10.0 Å². The molecule has 0 aromatic heterocycles. The number of thiocarbonyl (C=S) groups is 1. The van der Waals surface area contributed by atoms with E-state index in [0.29, 0.717) is 25.4 Å². The molecule has 3 atom stereocenters. The molecule has 0 spiro atoms. The summed E-state index contributed by atoms with van der Waals surface area (Å²) in [5, 5.41) is -0.736. The van der Waals surface area contributed by atoms with Crippen molar-refractivity contribution in [3.05, 3.63) is 0 Å². The van der Waals surface area contributed by atoms with E-state index >= 15 is 0 Å². The molecule has 0 aliphatic carbocycles. The number of rotatable bonds is 5. The Morgan fingerprint density at radius 3 is 2.39 bits per heavy atom. The first-order valence-corrected chi connectivity index (χ1v) is 8.07. The molecule has 3 unspecified atom stereocenters. The molecule has 0 amide bonds. The van der Waals surface area contributed by atoms with Gasteiger partial charge in [-0.15, -0.1) is 0 Å². The Labute approximate surface area is 115 Å². The predicted molar refractivity (Wildman–Crippen MR) is 78.0 cm³/mol. The molecule has 0 radical (unpaired) electrons. The maximum atomic E-state index is 12.5. The molecule has 1 aliphatic heterocycles. The van der Waals surface area contributed by atoms with Crippen molar-refractivity contribution in [1.29, 1.82) is 0 Å². The second kappa shape index (κ2) is 5.81. The summed E-state index contributed by atoms with van der Waals surface area (Å²) in [6.07, 6.45) is 0.426. The van der Waals surface area contributed by atoms with Crippen LogP contribution < -0.4 is 5.73 Å². The Morgan fingerprint density at radius 2 is 2.06 bits per heavy atom. The lowest BCUT2D eigenvalue weighted by Crippen LogP contribution is -2.44. The highest BCUT2D eigenvalue weighted by molar-refractivity contribution is 7.92. The van der Waals surface area contributed by atoms with Crippen molar-refractivity contribution in [2.75, 3.05) is 27.2 Å². The van der Waals surface area contributed by atoms with E-state index in [1.54, 1.807) is 6.92 Å². The maximum absolute atomic E-state index is 12.5. The van der Waals surface area contributed by atoms with Gasteiger partial charge >= 0.3 is 0 Å². The molecule has 1 fully saturated rings. The van der Waals surface area contributed by atoms with Gasteiger partial charge in [-0.05, 0) is 26.4 Å². The van der Waals surface area contributed by atoms with Crippen LogP contribution in [0, 0.1) is 5.92 Å². The lowest BCUT2D eigenvalue weighted by atomic mass is 10.1. The Kier molecular flexibility index (Phi) is 5.11. The molecule has 0 aromatic rings. The average molecular weight is 293 g/mol. The Hall–Kier alpha value is -0.240. The van der Waals surface area contributed by atoms with Crippen LogP contribution in [0.15, 0.2) is 0 Å². The summed E-state index contributed by atoms with van der Waals surface area (Å²) < 4.78 is 26.5. The van der Waals surface area contributed by atoms with Gasteiger partial charge in [0.25, 0.3) is 0 Å². The van der Waals surface area contributed by atoms with Crippen LogP contribution in [0.2, 0.25) is 0 Å². The minimum atomic E-state index is -3.41. The second-order valence-corrected chi connectivity index (χ2v) is 7.76. The van der Waals surface area contributed by atoms with Crippen LogP contribution in [0.4, 0.5) is 0 Å². The molecule has 5 nitrogen and oxygen atoms in total. The van der Waals surface area contributed by atoms with Gasteiger partial charge in [0.05, 0.1) is 4.99 Å². The molecule has 1 heterocycles. The van der Waals surface area contributed by atoms with Crippen LogP contribution in [0.25, 0.3) is 0 Å². The zero-order valence-electron chi connectivity index (χ0n) is 11.5. The minimum absolute atomic E-state index is 0.0680. The Morgan fingerprint density at radius 1 is 1.50 bits per heavy atom. The summed E-state index contributed by atoms with van der Waals surface area (Å²) in [5.41, 5.74) is 5.55. The van der Waals surface area contributed by atoms with Crippen molar-refractivity contribution in [3.63, 3.8) is 0 Å². The molecule has 0 saturated carbocycles. The summed E-state index contributed by atoms with van der Waals surface area (Å²) in [6, 6.07) is 0.253. The van der Waals surface area contributed by atoms with Crippen LogP contribution in [0.3, 0.4) is 0 Å². The number of likely N-dealkylation sites (N-methyl/N-ethyl adjacent to an activating group) is 1. The summed E-state index contributed by atoms with van der Waals surface area (Å²) in [5.74, 6) is 0.318. The van der Waals surface area contributed by atoms with Gasteiger partial charge in [-0.2, -0.15) is 4.31 Å². The highest BCUT2D eigenvalue weighted by Gasteiger charge is 2.41. The van der Waals surface area contributed by atoms with E-state index in [0.717, 1.165) is 0 Å². The third kappa shape index (κ3) is 3.01. The molecule has 106 valence electrons. The second-order valence-electron chi connectivity index (χ2n) is 5.17. The number of nitrogens with two attached hydrogens (primary N) is 1. The number of nitrogens with zero attached hydrogens (tertiary/aromatic N) is 2. The molecular weight excluding hydrogens is 270 g/mol. The average Bonchev–Trinajstić information content (AvgIpc) is 2.60. The van der Waals surface area contributed by atoms with E-state index in [1.165, 1.54) is 4.31 Å². The smallest absolute Gasteiger partial charge is 0.223 e. The van der Waals surface area contributed by atoms with Crippen LogP contribution >= 0.6 is 12.2 Å². The molecule has 2 N–H and O–H groups in total. The van der Waals surface area contributed by atoms with Gasteiger partial charge in [0.2, 0.25) is 10.0 Å². The molecule has 0 bridgehead atoms. The fraction of sp³-hybridized carbons (Fsp3) is 0.909. The van der Waals surface area contributed by atoms with E-state index in [1.807, 2.05) is 14.1 Å². The third-order valence-corrected chi connectivity index (χ3v) is 6.37. The molecular formula is C11H23N3O2S2. The Balaban J connectivity index is 2.92. The molecule has 1 saturated heterocycles. The summed E-state index contributed by atoms with van der Waals surface area (Å²) in [7, 11) is 0.540. The fourth-order valence-electron chi connectivity index (χ4n) is 2.52. The monoisotopic (exact) mass is 293 g/mol. The fourth-order valence-corrected chi connectivity index (χ4v) is 4.93. The van der Waals surface area contributed by atoms with E-state index in [2.05, 4.69) is 11.8 Å². The van der Waals surface area contributed by atoms with E-state index in [4.69, 9.17) is 18.0 Å². The lowest BCUT2D eigenvalue weighted by molar-refractivity contribution is 0.263. The van der Waals surface area contributed by atoms with Crippen molar-refractivity contribution < 1.29 is 8.42 Å². The van der Waals surface area contributed by atoms with E-state index in [-0.39, 0.29) is 11.0 Å². The highest BCUT2D eigenvalue weighted by atomic mass is 32.2. The summed E-state index contributed by atoms with van der Waals surface area (Å²) in [4.78, 5) is 2.14. The zero-order valence-corrected chi connectivity index (χ0v) is 13.1. The zero-order chi connectivity index (χ0) is 14.1. The van der Waals surface area contributed by atoms with Crippen LogP contribution in [-0.4, -0.2) is 61.1 Å². The first-order valence-electron chi connectivity index (χ1n) is 6.16. The van der Waals surface area contributed by atoms with Gasteiger partial charge < -0.3 is 10.6 Å². The van der Waals surface area contributed by atoms with E-state index < -0.39 is 15.3 Å². The van der Waals surface area contributed by atoms with Gasteiger partial charge in [0.1, 0.15) is 5.25 Å². The predicted octanol–water partition coefficient (Wildman–Crippen LogP) is 0.263. The van der Waals surface area contributed by atoms with Gasteiger partial charge in [-0.3, -0.25) is 0 Å². The number of hydrogen-bond acceptors (Lipinski definition) is 4. The molecule has 1 aliphatic rings. The molecule has 7 heteroatoms. The first kappa shape index (κ1) is 15.8. The maximum Gasteiger partial charge on any atom is 0.223 e. The first-order chi connectivity index (χ1) is 8.21. The van der Waals surface area contributed by atoms with Crippen LogP contribution in [0.1, 0.15) is 20.3 Å². The van der Waals surface area contributed by atoms with Crippen molar-refractivity contribution in [2.45, 2.75) is 31.6 Å². The summed E-state index contributed by atoms with van der Waals surface area (Å²) >= 11 is 4.87.